The van der Waals surface area contributed by atoms with Crippen molar-refractivity contribution in [1.29, 1.82) is 0 Å². The third-order valence-corrected chi connectivity index (χ3v) is 7.21. The zero-order chi connectivity index (χ0) is 20.6. The molecule has 0 aliphatic heterocycles. The van der Waals surface area contributed by atoms with Crippen LogP contribution in [0.25, 0.3) is 0 Å². The predicted octanol–water partition coefficient (Wildman–Crippen LogP) is 5.17. The van der Waals surface area contributed by atoms with E-state index >= 15 is 0 Å². The largest absolute Gasteiger partial charge is 0.292 e. The van der Waals surface area contributed by atoms with Gasteiger partial charge in [0.25, 0.3) is 5.91 Å². The van der Waals surface area contributed by atoms with E-state index in [2.05, 4.69) is 43.2 Å². The van der Waals surface area contributed by atoms with Gasteiger partial charge in [0.2, 0.25) is 5.91 Å². The van der Waals surface area contributed by atoms with Crippen molar-refractivity contribution < 1.29 is 9.59 Å². The average molecular weight is 438 g/mol. The summed E-state index contributed by atoms with van der Waals surface area (Å²) in [5.74, 6) is 0.980. The summed E-state index contributed by atoms with van der Waals surface area (Å²) in [6, 6.07) is 7.38. The van der Waals surface area contributed by atoms with Crippen molar-refractivity contribution in [3.8, 4) is 0 Å². The van der Waals surface area contributed by atoms with Gasteiger partial charge in [-0.2, -0.15) is 0 Å². The Morgan fingerprint density at radius 1 is 1.04 bits per heavy atom. The summed E-state index contributed by atoms with van der Waals surface area (Å²) in [5, 5.41) is 10.7. The molecule has 1 aromatic carbocycles. The summed E-state index contributed by atoms with van der Waals surface area (Å²) in [4.78, 5) is 24.3. The highest BCUT2D eigenvalue weighted by Gasteiger charge is 2.15. The highest BCUT2D eigenvalue weighted by atomic mass is 32.2. The number of nitrogens with one attached hydrogen (secondary N) is 1. The zero-order valence-electron chi connectivity index (χ0n) is 16.8. The number of carbonyl (C=O) groups is 2. The first-order chi connectivity index (χ1) is 13.3. The van der Waals surface area contributed by atoms with Crippen LogP contribution in [0.3, 0.4) is 0 Å². The molecule has 2 amide bonds. The number of benzene rings is 1. The fraction of sp³-hybridized carbons (Fsp3) is 0.500. The highest BCUT2D eigenvalue weighted by molar-refractivity contribution is 8.03. The number of nitrogens with zero attached hydrogens (tertiary/aromatic N) is 2. The topological polar surface area (TPSA) is 72.0 Å². The van der Waals surface area contributed by atoms with Gasteiger partial charge in [-0.15, -0.1) is 10.2 Å². The lowest BCUT2D eigenvalue weighted by Crippen LogP contribution is -2.30. The summed E-state index contributed by atoms with van der Waals surface area (Å²) in [6.45, 7) is 8.52. The predicted molar refractivity (Wildman–Crippen MR) is 118 cm³/mol. The number of imide groups is 1. The van der Waals surface area contributed by atoms with E-state index in [-0.39, 0.29) is 23.7 Å². The van der Waals surface area contributed by atoms with Gasteiger partial charge in [0.15, 0.2) is 8.68 Å². The number of hydrogen-bond donors (Lipinski definition) is 1. The number of unbranched alkanes of at least 4 members (excludes halogenated alkanes) is 1. The minimum atomic E-state index is -0.360. The van der Waals surface area contributed by atoms with Gasteiger partial charge in [0.05, 0.1) is 0 Å². The van der Waals surface area contributed by atoms with Gasteiger partial charge in [-0.3, -0.25) is 14.9 Å². The molecule has 0 fully saturated rings. The Morgan fingerprint density at radius 3 is 2.21 bits per heavy atom. The van der Waals surface area contributed by atoms with Gasteiger partial charge < -0.3 is 0 Å². The SMILES string of the molecule is CCCCSc1nnc(SCCC(=O)NC(=O)c2ccc(C(C)(C)C)cc2)s1. The molecule has 0 aliphatic rings. The first-order valence-corrected chi connectivity index (χ1v) is 12.1. The molecule has 1 N–H and O–H groups in total. The van der Waals surface area contributed by atoms with Gasteiger partial charge in [0, 0.05) is 23.5 Å². The van der Waals surface area contributed by atoms with Crippen LogP contribution in [-0.2, 0) is 10.2 Å². The second-order valence-corrected chi connectivity index (χ2v) is 11.0. The van der Waals surface area contributed by atoms with Crippen LogP contribution in [0.1, 0.15) is 62.9 Å². The maximum Gasteiger partial charge on any atom is 0.257 e. The lowest BCUT2D eigenvalue weighted by atomic mass is 9.87. The van der Waals surface area contributed by atoms with Crippen LogP contribution in [-0.4, -0.2) is 33.5 Å². The standard InChI is InChI=1S/C20H27N3O2S3/c1-5-6-12-26-18-22-23-19(28-18)27-13-11-16(24)21-17(25)14-7-9-15(10-8-14)20(2,3)4/h7-10H,5-6,11-13H2,1-4H3,(H,21,24,25). The Labute approximate surface area is 179 Å². The monoisotopic (exact) mass is 437 g/mol. The summed E-state index contributed by atoms with van der Waals surface area (Å²) in [5.41, 5.74) is 1.67. The van der Waals surface area contributed by atoms with Crippen LogP contribution >= 0.6 is 34.9 Å². The van der Waals surface area contributed by atoms with Gasteiger partial charge in [-0.25, -0.2) is 0 Å². The molecule has 2 rings (SSSR count). The van der Waals surface area contributed by atoms with Crippen LogP contribution in [0.5, 0.6) is 0 Å². The van der Waals surface area contributed by atoms with Crippen molar-refractivity contribution in [2.45, 2.75) is 61.1 Å². The molecule has 0 saturated carbocycles. The van der Waals surface area contributed by atoms with E-state index in [9.17, 15) is 9.59 Å². The summed E-state index contributed by atoms with van der Waals surface area (Å²) >= 11 is 4.77. The number of rotatable bonds is 9. The minimum Gasteiger partial charge on any atom is -0.292 e. The van der Waals surface area contributed by atoms with Crippen LogP contribution < -0.4 is 5.32 Å². The molecule has 1 aromatic heterocycles. The summed E-state index contributed by atoms with van der Waals surface area (Å²) < 4.78 is 1.82. The smallest absolute Gasteiger partial charge is 0.257 e. The Hall–Kier alpha value is -1.38. The Morgan fingerprint density at radius 2 is 1.64 bits per heavy atom. The molecule has 152 valence electrons. The summed E-state index contributed by atoms with van der Waals surface area (Å²) in [6.07, 6.45) is 2.59. The average Bonchev–Trinajstić information content (AvgIpc) is 3.09. The molecule has 0 saturated heterocycles. The van der Waals surface area contributed by atoms with Gasteiger partial charge in [-0.1, -0.05) is 81.1 Å². The van der Waals surface area contributed by atoms with E-state index < -0.39 is 0 Å². The van der Waals surface area contributed by atoms with Crippen molar-refractivity contribution in [2.75, 3.05) is 11.5 Å². The highest BCUT2D eigenvalue weighted by Crippen LogP contribution is 2.29. The lowest BCUT2D eigenvalue weighted by molar-refractivity contribution is -0.119. The fourth-order valence-electron chi connectivity index (χ4n) is 2.23. The van der Waals surface area contributed by atoms with E-state index in [4.69, 9.17) is 0 Å². The fourth-order valence-corrected chi connectivity index (χ4v) is 5.41. The molecule has 0 atom stereocenters. The van der Waals surface area contributed by atoms with E-state index in [0.29, 0.717) is 11.3 Å². The van der Waals surface area contributed by atoms with Crippen molar-refractivity contribution in [3.05, 3.63) is 35.4 Å². The van der Waals surface area contributed by atoms with Crippen LogP contribution in [0, 0.1) is 0 Å². The number of amides is 2. The Balaban J connectivity index is 1.74. The molecule has 5 nitrogen and oxygen atoms in total. The third-order valence-electron chi connectivity index (χ3n) is 3.93. The molecular formula is C20H27N3O2S3. The Kier molecular flexibility index (Phi) is 8.98. The zero-order valence-corrected chi connectivity index (χ0v) is 19.2. The minimum absolute atomic E-state index is 0.0289. The van der Waals surface area contributed by atoms with Crippen molar-refractivity contribution in [2.24, 2.45) is 0 Å². The first-order valence-electron chi connectivity index (χ1n) is 9.33. The third kappa shape index (κ3) is 7.56. The van der Waals surface area contributed by atoms with Gasteiger partial charge in [0.1, 0.15) is 0 Å². The molecule has 0 spiro atoms. The Bertz CT molecular complexity index is 783. The van der Waals surface area contributed by atoms with Gasteiger partial charge in [-0.05, 0) is 29.5 Å². The van der Waals surface area contributed by atoms with Crippen LogP contribution in [0.2, 0.25) is 0 Å². The maximum atomic E-state index is 12.2. The summed E-state index contributed by atoms with van der Waals surface area (Å²) in [7, 11) is 0. The van der Waals surface area contributed by atoms with E-state index in [0.717, 1.165) is 20.0 Å². The number of carbonyl (C=O) groups excluding carboxylic acids is 2. The molecular weight excluding hydrogens is 410 g/mol. The molecule has 2 aromatic rings. The molecule has 8 heteroatoms. The van der Waals surface area contributed by atoms with Crippen LogP contribution in [0.4, 0.5) is 0 Å². The van der Waals surface area contributed by atoms with Crippen molar-refractivity contribution in [3.63, 3.8) is 0 Å². The molecule has 1 heterocycles. The molecule has 0 aliphatic carbocycles. The van der Waals surface area contributed by atoms with E-state index in [1.165, 1.54) is 24.6 Å². The van der Waals surface area contributed by atoms with E-state index in [1.807, 2.05) is 12.1 Å². The number of aromatic nitrogens is 2. The normalized spacial score (nSPS) is 11.4. The van der Waals surface area contributed by atoms with Crippen LogP contribution in [0.15, 0.2) is 32.9 Å². The molecule has 0 unspecified atom stereocenters. The first kappa shape index (κ1) is 22.9. The molecule has 28 heavy (non-hydrogen) atoms. The second kappa shape index (κ2) is 11.0. The number of thioether (sulfide) groups is 2. The van der Waals surface area contributed by atoms with E-state index in [1.54, 1.807) is 35.2 Å². The van der Waals surface area contributed by atoms with Gasteiger partial charge >= 0.3 is 0 Å². The van der Waals surface area contributed by atoms with Crippen molar-refractivity contribution in [1.82, 2.24) is 15.5 Å². The maximum absolute atomic E-state index is 12.2. The second-order valence-electron chi connectivity index (χ2n) is 7.34. The molecule has 0 radical (unpaired) electrons. The molecule has 0 bridgehead atoms. The number of hydrogen-bond acceptors (Lipinski definition) is 7. The lowest BCUT2D eigenvalue weighted by Gasteiger charge is -2.18. The van der Waals surface area contributed by atoms with Crippen molar-refractivity contribution >= 4 is 46.7 Å². The quantitative estimate of drug-likeness (QED) is 0.431.